The van der Waals surface area contributed by atoms with E-state index < -0.39 is 0 Å². The molecule has 0 aliphatic carbocycles. The molecular formula is C23H21N3O2S2. The van der Waals surface area contributed by atoms with E-state index in [2.05, 4.69) is 16.4 Å². The van der Waals surface area contributed by atoms with Crippen molar-refractivity contribution in [3.05, 3.63) is 76.3 Å². The van der Waals surface area contributed by atoms with Crippen molar-refractivity contribution in [3.8, 4) is 11.8 Å². The Morgan fingerprint density at radius 1 is 1.27 bits per heavy atom. The van der Waals surface area contributed by atoms with E-state index in [4.69, 9.17) is 10.00 Å². The first kappa shape index (κ1) is 21.6. The van der Waals surface area contributed by atoms with Gasteiger partial charge in [0.2, 0.25) is 5.91 Å². The number of aryl methyl sites for hydroxylation is 1. The average Bonchev–Trinajstić information content (AvgIpc) is 3.18. The fourth-order valence-electron chi connectivity index (χ4n) is 2.62. The standard InChI is InChI=1S/C23H21N3O2S2/c1-17-25-19(16-30-17)15-28-21-9-4-2-7-18(21)11-12-23(27)26-20-8-3-5-10-22(20)29-14-6-13-24/h2-5,7-12,16H,6,14-15H2,1H3,(H,26,27)/b12-11+. The van der Waals surface area contributed by atoms with Gasteiger partial charge in [-0.2, -0.15) is 5.26 Å². The summed E-state index contributed by atoms with van der Waals surface area (Å²) in [6.07, 6.45) is 3.69. The Balaban J connectivity index is 1.63. The number of rotatable bonds is 9. The molecule has 0 aliphatic rings. The van der Waals surface area contributed by atoms with Gasteiger partial charge in [-0.15, -0.1) is 23.1 Å². The molecule has 1 N–H and O–H groups in total. The predicted octanol–water partition coefficient (Wildman–Crippen LogP) is 5.69. The number of aromatic nitrogens is 1. The Labute approximate surface area is 184 Å². The van der Waals surface area contributed by atoms with Gasteiger partial charge in [-0.3, -0.25) is 4.79 Å². The summed E-state index contributed by atoms with van der Waals surface area (Å²) in [7, 11) is 0. The lowest BCUT2D eigenvalue weighted by molar-refractivity contribution is -0.111. The molecule has 1 aromatic heterocycles. The number of anilines is 1. The van der Waals surface area contributed by atoms with Crippen molar-refractivity contribution < 1.29 is 9.53 Å². The van der Waals surface area contributed by atoms with Gasteiger partial charge in [-0.1, -0.05) is 30.3 Å². The molecule has 5 nitrogen and oxygen atoms in total. The van der Waals surface area contributed by atoms with Crippen LogP contribution >= 0.6 is 23.1 Å². The number of hydrogen-bond donors (Lipinski definition) is 1. The van der Waals surface area contributed by atoms with Crippen LogP contribution in [0.2, 0.25) is 0 Å². The lowest BCUT2D eigenvalue weighted by atomic mass is 10.2. The summed E-state index contributed by atoms with van der Waals surface area (Å²) in [6, 6.07) is 17.3. The van der Waals surface area contributed by atoms with E-state index >= 15 is 0 Å². The monoisotopic (exact) mass is 435 g/mol. The summed E-state index contributed by atoms with van der Waals surface area (Å²) in [5.74, 6) is 1.15. The average molecular weight is 436 g/mol. The Hall–Kier alpha value is -3.08. The van der Waals surface area contributed by atoms with Gasteiger partial charge in [-0.05, 0) is 31.2 Å². The Morgan fingerprint density at radius 2 is 2.07 bits per heavy atom. The molecule has 0 fully saturated rings. The number of thioether (sulfide) groups is 1. The normalized spacial score (nSPS) is 10.7. The van der Waals surface area contributed by atoms with Crippen LogP contribution < -0.4 is 10.1 Å². The molecule has 30 heavy (non-hydrogen) atoms. The minimum Gasteiger partial charge on any atom is -0.487 e. The molecule has 1 heterocycles. The Bertz CT molecular complexity index is 1070. The number of nitrogens with one attached hydrogen (secondary N) is 1. The number of hydrogen-bond acceptors (Lipinski definition) is 6. The highest BCUT2D eigenvalue weighted by Crippen LogP contribution is 2.27. The Morgan fingerprint density at radius 3 is 2.87 bits per heavy atom. The first-order chi connectivity index (χ1) is 14.7. The maximum Gasteiger partial charge on any atom is 0.248 e. The third-order valence-corrected chi connectivity index (χ3v) is 5.89. The Kier molecular flexibility index (Phi) is 8.07. The third kappa shape index (κ3) is 6.48. The van der Waals surface area contributed by atoms with E-state index in [-0.39, 0.29) is 5.91 Å². The molecule has 0 saturated carbocycles. The van der Waals surface area contributed by atoms with Gasteiger partial charge in [-0.25, -0.2) is 4.98 Å². The van der Waals surface area contributed by atoms with E-state index in [0.717, 1.165) is 26.8 Å². The quantitative estimate of drug-likeness (QED) is 0.265. The summed E-state index contributed by atoms with van der Waals surface area (Å²) in [4.78, 5) is 17.8. The number of carbonyl (C=O) groups is 1. The van der Waals surface area contributed by atoms with Crippen molar-refractivity contribution in [1.82, 2.24) is 4.98 Å². The predicted molar refractivity (Wildman–Crippen MR) is 123 cm³/mol. The molecule has 0 radical (unpaired) electrons. The van der Waals surface area contributed by atoms with Crippen LogP contribution in [-0.4, -0.2) is 16.6 Å². The van der Waals surface area contributed by atoms with Gasteiger partial charge in [0.05, 0.1) is 22.5 Å². The summed E-state index contributed by atoms with van der Waals surface area (Å²) in [5.41, 5.74) is 2.44. The highest BCUT2D eigenvalue weighted by atomic mass is 32.2. The molecular weight excluding hydrogens is 414 g/mol. The number of para-hydroxylation sites is 2. The molecule has 3 aromatic rings. The van der Waals surface area contributed by atoms with Crippen molar-refractivity contribution in [1.29, 1.82) is 5.26 Å². The number of nitriles is 1. The van der Waals surface area contributed by atoms with E-state index in [1.54, 1.807) is 29.2 Å². The molecule has 0 unspecified atom stereocenters. The summed E-state index contributed by atoms with van der Waals surface area (Å²) in [6.45, 7) is 2.35. The molecule has 0 aliphatic heterocycles. The number of ether oxygens (including phenoxy) is 1. The van der Waals surface area contributed by atoms with E-state index in [0.29, 0.717) is 24.5 Å². The number of thiazole rings is 1. The van der Waals surface area contributed by atoms with Crippen LogP contribution in [0.1, 0.15) is 22.7 Å². The fourth-order valence-corrected chi connectivity index (χ4v) is 4.08. The van der Waals surface area contributed by atoms with Gasteiger partial charge in [0.25, 0.3) is 0 Å². The zero-order valence-electron chi connectivity index (χ0n) is 16.5. The number of carbonyl (C=O) groups excluding carboxylic acids is 1. The molecule has 0 saturated heterocycles. The maximum absolute atomic E-state index is 12.5. The molecule has 0 bridgehead atoms. The summed E-state index contributed by atoms with van der Waals surface area (Å²) in [5, 5.41) is 14.6. The highest BCUT2D eigenvalue weighted by Gasteiger charge is 2.07. The van der Waals surface area contributed by atoms with Crippen LogP contribution in [0.15, 0.2) is 64.9 Å². The molecule has 152 valence electrons. The van der Waals surface area contributed by atoms with Crippen LogP contribution in [0.25, 0.3) is 6.08 Å². The van der Waals surface area contributed by atoms with Crippen LogP contribution in [0, 0.1) is 18.3 Å². The van der Waals surface area contributed by atoms with Crippen molar-refractivity contribution in [2.75, 3.05) is 11.1 Å². The van der Waals surface area contributed by atoms with Crippen LogP contribution in [0.3, 0.4) is 0 Å². The van der Waals surface area contributed by atoms with Crippen molar-refractivity contribution >= 4 is 40.8 Å². The molecule has 7 heteroatoms. The molecule has 3 rings (SSSR count). The van der Waals surface area contributed by atoms with E-state index in [1.165, 1.54) is 6.08 Å². The van der Waals surface area contributed by atoms with Gasteiger partial charge in [0.1, 0.15) is 12.4 Å². The van der Waals surface area contributed by atoms with Crippen LogP contribution in [0.4, 0.5) is 5.69 Å². The second kappa shape index (κ2) is 11.2. The van der Waals surface area contributed by atoms with Crippen molar-refractivity contribution in [3.63, 3.8) is 0 Å². The molecule has 1 amide bonds. The van der Waals surface area contributed by atoms with Gasteiger partial charge in [0.15, 0.2) is 0 Å². The zero-order valence-corrected chi connectivity index (χ0v) is 18.1. The van der Waals surface area contributed by atoms with Gasteiger partial charge in [0, 0.05) is 34.1 Å². The minimum absolute atomic E-state index is 0.228. The summed E-state index contributed by atoms with van der Waals surface area (Å²) >= 11 is 3.14. The molecule has 2 aromatic carbocycles. The second-order valence-electron chi connectivity index (χ2n) is 6.26. The molecule has 0 spiro atoms. The van der Waals surface area contributed by atoms with Crippen molar-refractivity contribution in [2.24, 2.45) is 0 Å². The third-order valence-electron chi connectivity index (χ3n) is 3.99. The van der Waals surface area contributed by atoms with Crippen LogP contribution in [-0.2, 0) is 11.4 Å². The SMILES string of the molecule is Cc1nc(COc2ccccc2/C=C/C(=O)Nc2ccccc2SCCC#N)cs1. The van der Waals surface area contributed by atoms with Crippen molar-refractivity contribution in [2.45, 2.75) is 24.8 Å². The maximum atomic E-state index is 12.5. The largest absolute Gasteiger partial charge is 0.487 e. The van der Waals surface area contributed by atoms with Gasteiger partial charge >= 0.3 is 0 Å². The highest BCUT2D eigenvalue weighted by molar-refractivity contribution is 7.99. The van der Waals surface area contributed by atoms with E-state index in [1.807, 2.05) is 60.8 Å². The zero-order chi connectivity index (χ0) is 21.2. The summed E-state index contributed by atoms with van der Waals surface area (Å²) < 4.78 is 5.89. The second-order valence-corrected chi connectivity index (χ2v) is 8.46. The lowest BCUT2D eigenvalue weighted by Crippen LogP contribution is -2.08. The van der Waals surface area contributed by atoms with E-state index in [9.17, 15) is 4.79 Å². The van der Waals surface area contributed by atoms with Crippen LogP contribution in [0.5, 0.6) is 5.75 Å². The smallest absolute Gasteiger partial charge is 0.248 e. The lowest BCUT2D eigenvalue weighted by Gasteiger charge is -2.09. The topological polar surface area (TPSA) is 75.0 Å². The van der Waals surface area contributed by atoms with Gasteiger partial charge < -0.3 is 10.1 Å². The number of nitrogens with zero attached hydrogens (tertiary/aromatic N) is 2. The first-order valence-corrected chi connectivity index (χ1v) is 11.2. The first-order valence-electron chi connectivity index (χ1n) is 9.36. The number of amides is 1. The molecule has 0 atom stereocenters. The minimum atomic E-state index is -0.228. The fraction of sp³-hybridized carbons (Fsp3) is 0.174. The number of benzene rings is 2.